The fourth-order valence-electron chi connectivity index (χ4n) is 1.33. The van der Waals surface area contributed by atoms with Gasteiger partial charge in [0.05, 0.1) is 0 Å². The van der Waals surface area contributed by atoms with Crippen LogP contribution in [-0.2, 0) is 4.79 Å². The van der Waals surface area contributed by atoms with Gasteiger partial charge in [0.2, 0.25) is 0 Å². The number of nitriles is 1. The Labute approximate surface area is 99.9 Å². The number of aliphatic carboxylic acids is 1. The van der Waals surface area contributed by atoms with Crippen LogP contribution >= 0.6 is 22.7 Å². The van der Waals surface area contributed by atoms with Crippen molar-refractivity contribution in [2.24, 2.45) is 0 Å². The van der Waals surface area contributed by atoms with Gasteiger partial charge in [0.1, 0.15) is 11.6 Å². The molecule has 0 amide bonds. The van der Waals surface area contributed by atoms with E-state index < -0.39 is 5.97 Å². The van der Waals surface area contributed by atoms with E-state index in [1.165, 1.54) is 22.3 Å². The number of hydrogen-bond donors (Lipinski definition) is 1. The molecule has 2 aromatic rings. The van der Waals surface area contributed by atoms with E-state index in [0.29, 0.717) is 0 Å². The van der Waals surface area contributed by atoms with E-state index >= 15 is 0 Å². The van der Waals surface area contributed by atoms with Crippen LogP contribution in [0.25, 0.3) is 15.5 Å². The second-order valence-electron chi connectivity index (χ2n) is 3.21. The molecule has 0 bridgehead atoms. The lowest BCUT2D eigenvalue weighted by atomic mass is 10.2. The molecule has 0 radical (unpaired) electrons. The van der Waals surface area contributed by atoms with Crippen LogP contribution in [0.3, 0.4) is 0 Å². The van der Waals surface area contributed by atoms with Crippen molar-refractivity contribution in [2.45, 2.75) is 6.92 Å². The molecule has 0 aliphatic rings. The molecule has 0 spiro atoms. The van der Waals surface area contributed by atoms with E-state index in [2.05, 4.69) is 6.07 Å². The van der Waals surface area contributed by atoms with Crippen LogP contribution in [0.15, 0.2) is 17.7 Å². The van der Waals surface area contributed by atoms with Crippen molar-refractivity contribution in [3.05, 3.63) is 27.5 Å². The zero-order valence-electron chi connectivity index (χ0n) is 8.35. The van der Waals surface area contributed by atoms with Gasteiger partial charge in [-0.25, -0.2) is 4.79 Å². The number of carboxylic acids is 1. The fourth-order valence-corrected chi connectivity index (χ4v) is 3.60. The summed E-state index contributed by atoms with van der Waals surface area (Å²) < 4.78 is 2.27. The van der Waals surface area contributed by atoms with Gasteiger partial charge in [-0.3, -0.25) is 0 Å². The third kappa shape index (κ3) is 1.98. The number of rotatable bonds is 2. The maximum atomic E-state index is 10.7. The van der Waals surface area contributed by atoms with E-state index in [0.717, 1.165) is 14.3 Å². The maximum absolute atomic E-state index is 10.7. The minimum atomic E-state index is -1.18. The van der Waals surface area contributed by atoms with E-state index in [4.69, 9.17) is 10.4 Å². The molecule has 0 aliphatic carbocycles. The summed E-state index contributed by atoms with van der Waals surface area (Å²) in [5.74, 6) is -1.18. The van der Waals surface area contributed by atoms with Gasteiger partial charge in [-0.2, -0.15) is 5.26 Å². The first kappa shape index (κ1) is 10.9. The lowest BCUT2D eigenvalue weighted by molar-refractivity contribution is -0.132. The van der Waals surface area contributed by atoms with Gasteiger partial charge in [-0.05, 0) is 25.1 Å². The van der Waals surface area contributed by atoms with Crippen molar-refractivity contribution in [2.75, 3.05) is 0 Å². The lowest BCUT2D eigenvalue weighted by Gasteiger charge is -1.87. The smallest absolute Gasteiger partial charge is 0.346 e. The van der Waals surface area contributed by atoms with Crippen LogP contribution in [0.4, 0.5) is 0 Å². The molecule has 2 rings (SSSR count). The molecule has 3 nitrogen and oxygen atoms in total. The Kier molecular flexibility index (Phi) is 2.77. The van der Waals surface area contributed by atoms with Crippen LogP contribution in [0, 0.1) is 18.3 Å². The summed E-state index contributed by atoms with van der Waals surface area (Å²) in [6, 6.07) is 5.65. The normalized spacial score (nSPS) is 11.6. The molecule has 0 fully saturated rings. The quantitative estimate of drug-likeness (QED) is 0.656. The number of carbonyl (C=O) groups is 1. The Morgan fingerprint density at radius 2 is 2.12 bits per heavy atom. The van der Waals surface area contributed by atoms with Crippen LogP contribution in [0.5, 0.6) is 0 Å². The van der Waals surface area contributed by atoms with Gasteiger partial charge in [-0.1, -0.05) is 0 Å². The van der Waals surface area contributed by atoms with Crippen molar-refractivity contribution < 1.29 is 9.90 Å². The molecule has 2 aromatic heterocycles. The summed E-state index contributed by atoms with van der Waals surface area (Å²) in [4.78, 5) is 12.7. The number of nitrogens with zero attached hydrogens (tertiary/aromatic N) is 1. The summed E-state index contributed by atoms with van der Waals surface area (Å²) in [5.41, 5.74) is -0.231. The highest BCUT2D eigenvalue weighted by Crippen LogP contribution is 2.33. The van der Waals surface area contributed by atoms with Crippen molar-refractivity contribution in [3.8, 4) is 6.07 Å². The lowest BCUT2D eigenvalue weighted by Crippen LogP contribution is -1.96. The summed E-state index contributed by atoms with van der Waals surface area (Å²) in [5, 5.41) is 17.4. The van der Waals surface area contributed by atoms with Crippen LogP contribution in [-0.4, -0.2) is 11.1 Å². The van der Waals surface area contributed by atoms with Gasteiger partial charge >= 0.3 is 5.97 Å². The van der Waals surface area contributed by atoms with Crippen molar-refractivity contribution in [3.63, 3.8) is 0 Å². The number of hydrogen-bond acceptors (Lipinski definition) is 4. The van der Waals surface area contributed by atoms with E-state index in [1.807, 2.05) is 13.0 Å². The standard InChI is InChI=1S/C11H7NO2S2/c1-6-2-9-10(15-6)4-8(16-9)3-7(5-12)11(13)14/h2-4H,1H3,(H,13,14)/b7-3+. The Bertz CT molecular complexity index is 596. The van der Waals surface area contributed by atoms with E-state index in [9.17, 15) is 4.79 Å². The number of carboxylic acid groups (broad SMARTS) is 1. The summed E-state index contributed by atoms with van der Waals surface area (Å²) in [6.07, 6.45) is 1.41. The van der Waals surface area contributed by atoms with E-state index in [-0.39, 0.29) is 5.57 Å². The molecule has 0 saturated carbocycles. The highest BCUT2D eigenvalue weighted by Gasteiger charge is 2.08. The highest BCUT2D eigenvalue weighted by atomic mass is 32.1. The molecule has 0 saturated heterocycles. The van der Waals surface area contributed by atoms with Gasteiger partial charge in [-0.15, -0.1) is 22.7 Å². The molecule has 0 atom stereocenters. The van der Waals surface area contributed by atoms with Gasteiger partial charge in [0.25, 0.3) is 0 Å². The Balaban J connectivity index is 2.45. The third-order valence-corrected chi connectivity index (χ3v) is 4.14. The molecule has 0 unspecified atom stereocenters. The zero-order valence-corrected chi connectivity index (χ0v) is 9.98. The average molecular weight is 249 g/mol. The summed E-state index contributed by atoms with van der Waals surface area (Å²) in [7, 11) is 0. The molecule has 0 aliphatic heterocycles. The second-order valence-corrected chi connectivity index (χ2v) is 5.61. The monoisotopic (exact) mass is 249 g/mol. The van der Waals surface area contributed by atoms with Crippen molar-refractivity contribution in [1.29, 1.82) is 5.26 Å². The molecule has 5 heteroatoms. The van der Waals surface area contributed by atoms with Gasteiger partial charge in [0.15, 0.2) is 0 Å². The van der Waals surface area contributed by atoms with Crippen LogP contribution in [0.1, 0.15) is 9.75 Å². The molecule has 2 heterocycles. The molecule has 0 aromatic carbocycles. The summed E-state index contributed by atoms with van der Waals surface area (Å²) >= 11 is 3.17. The van der Waals surface area contributed by atoms with Gasteiger partial charge in [0, 0.05) is 19.2 Å². The predicted octanol–water partition coefficient (Wildman–Crippen LogP) is 3.26. The first-order valence-electron chi connectivity index (χ1n) is 4.45. The van der Waals surface area contributed by atoms with Crippen LogP contribution in [0.2, 0.25) is 0 Å². The number of aryl methyl sites for hydroxylation is 1. The maximum Gasteiger partial charge on any atom is 0.346 e. The average Bonchev–Trinajstić information content (AvgIpc) is 2.70. The minimum absolute atomic E-state index is 0.231. The largest absolute Gasteiger partial charge is 0.477 e. The molecule has 1 N–H and O–H groups in total. The van der Waals surface area contributed by atoms with Crippen LogP contribution < -0.4 is 0 Å². The minimum Gasteiger partial charge on any atom is -0.477 e. The zero-order chi connectivity index (χ0) is 11.7. The Morgan fingerprint density at radius 3 is 2.69 bits per heavy atom. The van der Waals surface area contributed by atoms with Crippen molar-refractivity contribution in [1.82, 2.24) is 0 Å². The third-order valence-electron chi connectivity index (χ3n) is 1.99. The molecule has 16 heavy (non-hydrogen) atoms. The topological polar surface area (TPSA) is 61.1 Å². The number of fused-ring (bicyclic) bond motifs is 1. The summed E-state index contributed by atoms with van der Waals surface area (Å²) in [6.45, 7) is 2.03. The Hall–Kier alpha value is -1.64. The second kappa shape index (κ2) is 4.08. The fraction of sp³-hybridized carbons (Fsp3) is 0.0909. The molecular weight excluding hydrogens is 242 g/mol. The molecule has 80 valence electrons. The SMILES string of the molecule is Cc1cc2sc(/C=C(\C#N)C(=O)O)cc2s1. The first-order valence-corrected chi connectivity index (χ1v) is 6.08. The van der Waals surface area contributed by atoms with Gasteiger partial charge < -0.3 is 5.11 Å². The predicted molar refractivity (Wildman–Crippen MR) is 65.7 cm³/mol. The van der Waals surface area contributed by atoms with Crippen molar-refractivity contribution >= 4 is 44.1 Å². The molecular formula is C11H7NO2S2. The first-order chi connectivity index (χ1) is 7.60. The highest BCUT2D eigenvalue weighted by molar-refractivity contribution is 7.28. The van der Waals surface area contributed by atoms with E-state index in [1.54, 1.807) is 17.4 Å². The number of thiophene rings is 2. The Morgan fingerprint density at radius 1 is 1.44 bits per heavy atom.